The first-order valence-corrected chi connectivity index (χ1v) is 15.2. The molecule has 1 saturated carbocycles. The van der Waals surface area contributed by atoms with Crippen LogP contribution in [0.25, 0.3) is 0 Å². The normalized spacial score (nSPS) is 22.9. The van der Waals surface area contributed by atoms with Crippen LogP contribution in [0.1, 0.15) is 99.3 Å². The van der Waals surface area contributed by atoms with Gasteiger partial charge in [0.05, 0.1) is 0 Å². The zero-order chi connectivity index (χ0) is 32.1. The highest BCUT2D eigenvalue weighted by Gasteiger charge is 2.41. The highest BCUT2D eigenvalue weighted by atomic mass is 16.4. The summed E-state index contributed by atoms with van der Waals surface area (Å²) in [6.07, 6.45) is 2.80. The maximum atomic E-state index is 13.3. The van der Waals surface area contributed by atoms with Gasteiger partial charge in [0.15, 0.2) is 0 Å². The molecule has 12 heteroatoms. The Kier molecular flexibility index (Phi) is 15.5. The average molecular weight is 598 g/mol. The minimum absolute atomic E-state index is 0.00200. The molecule has 240 valence electrons. The van der Waals surface area contributed by atoms with Gasteiger partial charge in [0.25, 0.3) is 0 Å². The zero-order valence-corrected chi connectivity index (χ0v) is 25.9. The summed E-state index contributed by atoms with van der Waals surface area (Å²) >= 11 is 0. The molecule has 42 heavy (non-hydrogen) atoms. The van der Waals surface area contributed by atoms with E-state index >= 15 is 0 Å². The van der Waals surface area contributed by atoms with Gasteiger partial charge in [-0.05, 0) is 56.3 Å². The van der Waals surface area contributed by atoms with Crippen LogP contribution in [0.5, 0.6) is 0 Å². The molecule has 1 rings (SSSR count). The molecule has 0 saturated heterocycles. The van der Waals surface area contributed by atoms with Crippen LogP contribution in [0.3, 0.4) is 0 Å². The van der Waals surface area contributed by atoms with Crippen LogP contribution >= 0.6 is 0 Å². The van der Waals surface area contributed by atoms with E-state index in [0.717, 1.165) is 19.3 Å². The highest BCUT2D eigenvalue weighted by molar-refractivity contribution is 5.90. The Hall–Kier alpha value is -3.18. The van der Waals surface area contributed by atoms with E-state index in [0.29, 0.717) is 0 Å². The lowest BCUT2D eigenvalue weighted by atomic mass is 9.73. The standard InChI is InChI=1S/C30H51N3O9/c1-7-16(4)10-22(28(37)38)31-25(34)19-13-20(26(35)32-23(29(39)40)11-17(5)8-2)15-21(14-19)27(36)33-24(30(41)42)12-18(6)9-3/h16-24H,7-15H2,1-6H3,(H,31,34)(H,32,35)(H,33,36)(H,37,38)(H,39,40)(H,41,42)/t16?,17?,18?,19?,20?,21?,22-,23-,24-/m0/s1. The van der Waals surface area contributed by atoms with Gasteiger partial charge in [-0.15, -0.1) is 0 Å². The smallest absolute Gasteiger partial charge is 0.326 e. The summed E-state index contributed by atoms with van der Waals surface area (Å²) in [6, 6.07) is -3.44. The number of hydrogen-bond acceptors (Lipinski definition) is 6. The molecule has 0 aromatic heterocycles. The Morgan fingerprint density at radius 2 is 0.738 bits per heavy atom. The van der Waals surface area contributed by atoms with E-state index in [-0.39, 0.29) is 56.3 Å². The monoisotopic (exact) mass is 597 g/mol. The number of carbonyl (C=O) groups excluding carboxylic acids is 3. The molecule has 1 aliphatic rings. The van der Waals surface area contributed by atoms with E-state index in [1.165, 1.54) is 0 Å². The molecule has 1 aliphatic carbocycles. The molecular formula is C30H51N3O9. The Balaban J connectivity index is 3.24. The van der Waals surface area contributed by atoms with Gasteiger partial charge in [0.2, 0.25) is 17.7 Å². The van der Waals surface area contributed by atoms with Crippen LogP contribution in [-0.4, -0.2) is 69.1 Å². The highest BCUT2D eigenvalue weighted by Crippen LogP contribution is 2.35. The van der Waals surface area contributed by atoms with Crippen molar-refractivity contribution in [2.24, 2.45) is 35.5 Å². The molecule has 12 nitrogen and oxygen atoms in total. The molecule has 6 N–H and O–H groups in total. The van der Waals surface area contributed by atoms with Crippen LogP contribution < -0.4 is 16.0 Å². The first-order valence-electron chi connectivity index (χ1n) is 15.2. The van der Waals surface area contributed by atoms with Crippen LogP contribution in [0.2, 0.25) is 0 Å². The van der Waals surface area contributed by atoms with E-state index in [2.05, 4.69) is 16.0 Å². The number of nitrogens with one attached hydrogen (secondary N) is 3. The van der Waals surface area contributed by atoms with Crippen molar-refractivity contribution in [3.63, 3.8) is 0 Å². The summed E-state index contributed by atoms with van der Waals surface area (Å²) in [5.41, 5.74) is 0. The lowest BCUT2D eigenvalue weighted by Crippen LogP contribution is -2.51. The van der Waals surface area contributed by atoms with Gasteiger partial charge >= 0.3 is 17.9 Å². The molecule has 0 aromatic carbocycles. The number of rotatable bonds is 18. The van der Waals surface area contributed by atoms with Gasteiger partial charge in [-0.1, -0.05) is 60.8 Å². The van der Waals surface area contributed by atoms with Crippen LogP contribution in [0, 0.1) is 35.5 Å². The molecule has 0 aliphatic heterocycles. The summed E-state index contributed by atoms with van der Waals surface area (Å²) in [6.45, 7) is 11.4. The van der Waals surface area contributed by atoms with Crippen LogP contribution in [0.15, 0.2) is 0 Å². The minimum Gasteiger partial charge on any atom is -0.480 e. The van der Waals surface area contributed by atoms with E-state index in [1.54, 1.807) is 0 Å². The molecule has 3 unspecified atom stereocenters. The zero-order valence-electron chi connectivity index (χ0n) is 25.9. The van der Waals surface area contributed by atoms with Crippen molar-refractivity contribution in [3.05, 3.63) is 0 Å². The van der Waals surface area contributed by atoms with Gasteiger partial charge in [-0.2, -0.15) is 0 Å². The predicted octanol–water partition coefficient (Wildman–Crippen LogP) is 3.04. The molecule has 0 spiro atoms. The summed E-state index contributed by atoms with van der Waals surface area (Å²) in [5, 5.41) is 36.7. The Labute approximate surface area is 248 Å². The van der Waals surface area contributed by atoms with Gasteiger partial charge < -0.3 is 31.3 Å². The second kappa shape index (κ2) is 17.7. The maximum Gasteiger partial charge on any atom is 0.326 e. The summed E-state index contributed by atoms with van der Waals surface area (Å²) in [4.78, 5) is 75.5. The molecular weight excluding hydrogens is 546 g/mol. The number of carboxylic acid groups (broad SMARTS) is 3. The molecule has 6 atom stereocenters. The second-order valence-corrected chi connectivity index (χ2v) is 12.2. The summed E-state index contributed by atoms with van der Waals surface area (Å²) < 4.78 is 0. The Morgan fingerprint density at radius 1 is 0.524 bits per heavy atom. The maximum absolute atomic E-state index is 13.3. The quantitative estimate of drug-likeness (QED) is 0.137. The van der Waals surface area contributed by atoms with Crippen molar-refractivity contribution in [1.82, 2.24) is 16.0 Å². The molecule has 0 radical (unpaired) electrons. The first-order chi connectivity index (χ1) is 19.6. The van der Waals surface area contributed by atoms with Gasteiger partial charge in [0.1, 0.15) is 18.1 Å². The fourth-order valence-electron chi connectivity index (χ4n) is 5.20. The van der Waals surface area contributed by atoms with Crippen molar-refractivity contribution in [2.45, 2.75) is 117 Å². The SMILES string of the molecule is CCC(C)C[C@H](NC(=O)C1CC(C(=O)N[C@@H](CC(C)CC)C(=O)O)CC(C(=O)N[C@@H](CC(C)CC)C(=O)O)C1)C(=O)O. The number of aliphatic carboxylic acids is 3. The van der Waals surface area contributed by atoms with Crippen molar-refractivity contribution in [1.29, 1.82) is 0 Å². The average Bonchev–Trinajstić information content (AvgIpc) is 2.94. The van der Waals surface area contributed by atoms with Crippen LogP contribution in [-0.2, 0) is 28.8 Å². The van der Waals surface area contributed by atoms with E-state index in [1.807, 2.05) is 41.5 Å². The Bertz CT molecular complexity index is 831. The fourth-order valence-corrected chi connectivity index (χ4v) is 5.20. The molecule has 0 aromatic rings. The third-order valence-electron chi connectivity index (χ3n) is 8.67. The predicted molar refractivity (Wildman–Crippen MR) is 155 cm³/mol. The van der Waals surface area contributed by atoms with Crippen molar-refractivity contribution >= 4 is 35.6 Å². The summed E-state index contributed by atoms with van der Waals surface area (Å²) in [5.74, 6) is -7.99. The topological polar surface area (TPSA) is 199 Å². The fraction of sp³-hybridized carbons (Fsp3) is 0.800. The molecule has 0 heterocycles. The number of carbonyl (C=O) groups is 6. The van der Waals surface area contributed by atoms with Crippen molar-refractivity contribution < 1.29 is 44.1 Å². The lowest BCUT2D eigenvalue weighted by molar-refractivity contribution is -0.146. The number of carboxylic acids is 3. The van der Waals surface area contributed by atoms with E-state index in [4.69, 9.17) is 0 Å². The molecule has 0 bridgehead atoms. The van der Waals surface area contributed by atoms with Gasteiger partial charge in [0, 0.05) is 17.8 Å². The van der Waals surface area contributed by atoms with Crippen LogP contribution in [0.4, 0.5) is 0 Å². The van der Waals surface area contributed by atoms with E-state index < -0.39 is 71.5 Å². The largest absolute Gasteiger partial charge is 0.480 e. The van der Waals surface area contributed by atoms with Crippen molar-refractivity contribution in [3.8, 4) is 0 Å². The van der Waals surface area contributed by atoms with E-state index in [9.17, 15) is 44.1 Å². The summed E-state index contributed by atoms with van der Waals surface area (Å²) in [7, 11) is 0. The minimum atomic E-state index is -1.19. The third-order valence-corrected chi connectivity index (χ3v) is 8.67. The number of amides is 3. The first kappa shape index (κ1) is 36.8. The van der Waals surface area contributed by atoms with Crippen molar-refractivity contribution in [2.75, 3.05) is 0 Å². The molecule has 1 fully saturated rings. The van der Waals surface area contributed by atoms with Gasteiger partial charge in [-0.25, -0.2) is 14.4 Å². The number of hydrogen-bond donors (Lipinski definition) is 6. The van der Waals surface area contributed by atoms with Gasteiger partial charge in [-0.3, -0.25) is 14.4 Å². The lowest BCUT2D eigenvalue weighted by Gasteiger charge is -2.34. The molecule has 3 amide bonds. The third kappa shape index (κ3) is 12.0. The second-order valence-electron chi connectivity index (χ2n) is 12.2. The Morgan fingerprint density at radius 3 is 0.905 bits per heavy atom.